The highest BCUT2D eigenvalue weighted by atomic mass is 16.2. The van der Waals surface area contributed by atoms with E-state index in [9.17, 15) is 10.1 Å². The molecule has 3 nitrogen and oxygen atoms in total. The molecule has 1 aliphatic rings. The molecule has 1 rings (SSSR count). The lowest BCUT2D eigenvalue weighted by atomic mass is 9.82. The van der Waals surface area contributed by atoms with E-state index in [1.807, 2.05) is 25.7 Å². The SMILES string of the molecule is CCCC(C#N)C1CCN(C(=O)C(C)(C)C)CC1. The number of hydrogen-bond donors (Lipinski definition) is 0. The van der Waals surface area contributed by atoms with Gasteiger partial charge in [-0.3, -0.25) is 4.79 Å². The minimum absolute atomic E-state index is 0.182. The summed E-state index contributed by atoms with van der Waals surface area (Å²) in [5, 5.41) is 9.18. The fourth-order valence-corrected chi connectivity index (χ4v) is 2.70. The average molecular weight is 250 g/mol. The zero-order chi connectivity index (χ0) is 13.8. The third kappa shape index (κ3) is 3.73. The first kappa shape index (κ1) is 15.0. The molecule has 1 heterocycles. The number of likely N-dealkylation sites (tertiary alicyclic amines) is 1. The maximum absolute atomic E-state index is 12.2. The summed E-state index contributed by atoms with van der Waals surface area (Å²) in [7, 11) is 0. The van der Waals surface area contributed by atoms with Gasteiger partial charge in [0.1, 0.15) is 0 Å². The molecule has 0 N–H and O–H groups in total. The van der Waals surface area contributed by atoms with Crippen molar-refractivity contribution in [2.24, 2.45) is 17.3 Å². The van der Waals surface area contributed by atoms with Gasteiger partial charge in [-0.15, -0.1) is 0 Å². The standard InChI is InChI=1S/C15H26N2O/c1-5-6-13(11-16)12-7-9-17(10-8-12)14(18)15(2,3)4/h12-13H,5-10H2,1-4H3. The number of hydrogen-bond acceptors (Lipinski definition) is 2. The van der Waals surface area contributed by atoms with Crippen LogP contribution in [-0.4, -0.2) is 23.9 Å². The van der Waals surface area contributed by atoms with Gasteiger partial charge in [0, 0.05) is 24.4 Å². The van der Waals surface area contributed by atoms with E-state index in [0.717, 1.165) is 38.8 Å². The van der Waals surface area contributed by atoms with Crippen LogP contribution < -0.4 is 0 Å². The molecule has 0 radical (unpaired) electrons. The Kier molecular flexibility index (Phi) is 5.19. The average Bonchev–Trinajstić information content (AvgIpc) is 2.34. The summed E-state index contributed by atoms with van der Waals surface area (Å²) < 4.78 is 0. The molecule has 0 saturated carbocycles. The second-order valence-corrected chi connectivity index (χ2v) is 6.40. The van der Waals surface area contributed by atoms with E-state index in [1.165, 1.54) is 0 Å². The van der Waals surface area contributed by atoms with Crippen molar-refractivity contribution in [1.82, 2.24) is 4.90 Å². The number of carbonyl (C=O) groups excluding carboxylic acids is 1. The molecule has 1 unspecified atom stereocenters. The number of carbonyl (C=O) groups is 1. The van der Waals surface area contributed by atoms with Crippen molar-refractivity contribution in [3.05, 3.63) is 0 Å². The van der Waals surface area contributed by atoms with Gasteiger partial charge < -0.3 is 4.90 Å². The summed E-state index contributed by atoms with van der Waals surface area (Å²) in [6.45, 7) is 9.68. The second-order valence-electron chi connectivity index (χ2n) is 6.40. The maximum atomic E-state index is 12.2. The van der Waals surface area contributed by atoms with Crippen LogP contribution in [0.5, 0.6) is 0 Å². The zero-order valence-corrected chi connectivity index (χ0v) is 12.2. The number of amides is 1. The summed E-state index contributed by atoms with van der Waals surface area (Å²) in [6, 6.07) is 2.44. The largest absolute Gasteiger partial charge is 0.342 e. The molecule has 0 spiro atoms. The number of nitriles is 1. The van der Waals surface area contributed by atoms with Gasteiger partial charge in [-0.05, 0) is 25.2 Å². The molecule has 0 bridgehead atoms. The monoisotopic (exact) mass is 250 g/mol. The Hall–Kier alpha value is -1.04. The smallest absolute Gasteiger partial charge is 0.227 e. The van der Waals surface area contributed by atoms with Crippen molar-refractivity contribution in [3.8, 4) is 6.07 Å². The van der Waals surface area contributed by atoms with Crippen LogP contribution in [0.2, 0.25) is 0 Å². The molecule has 0 aliphatic carbocycles. The van der Waals surface area contributed by atoms with E-state index in [4.69, 9.17) is 0 Å². The summed E-state index contributed by atoms with van der Waals surface area (Å²) in [5.74, 6) is 0.908. The van der Waals surface area contributed by atoms with Gasteiger partial charge in [-0.1, -0.05) is 34.1 Å². The lowest BCUT2D eigenvalue weighted by molar-refractivity contribution is -0.141. The highest BCUT2D eigenvalue weighted by Crippen LogP contribution is 2.29. The fourth-order valence-electron chi connectivity index (χ4n) is 2.70. The molecular weight excluding hydrogens is 224 g/mol. The van der Waals surface area contributed by atoms with E-state index >= 15 is 0 Å². The van der Waals surface area contributed by atoms with Crippen molar-refractivity contribution in [1.29, 1.82) is 5.26 Å². The normalized spacial score (nSPS) is 19.4. The van der Waals surface area contributed by atoms with Gasteiger partial charge in [0.05, 0.1) is 6.07 Å². The lowest BCUT2D eigenvalue weighted by Gasteiger charge is -2.37. The Morgan fingerprint density at radius 3 is 2.33 bits per heavy atom. The molecule has 1 amide bonds. The van der Waals surface area contributed by atoms with Crippen molar-refractivity contribution in [2.75, 3.05) is 13.1 Å². The van der Waals surface area contributed by atoms with Crippen LogP contribution in [0.4, 0.5) is 0 Å². The quantitative estimate of drug-likeness (QED) is 0.772. The first-order chi connectivity index (χ1) is 8.40. The highest BCUT2D eigenvalue weighted by molar-refractivity contribution is 5.81. The molecule has 102 valence electrons. The van der Waals surface area contributed by atoms with Crippen LogP contribution in [0.15, 0.2) is 0 Å². The summed E-state index contributed by atoms with van der Waals surface area (Å²) in [6.07, 6.45) is 4.04. The molecule has 1 aliphatic heterocycles. The first-order valence-electron chi connectivity index (χ1n) is 7.09. The van der Waals surface area contributed by atoms with Gasteiger partial charge in [0.15, 0.2) is 0 Å². The van der Waals surface area contributed by atoms with E-state index in [0.29, 0.717) is 5.92 Å². The number of piperidine rings is 1. The van der Waals surface area contributed by atoms with Crippen LogP contribution in [0.25, 0.3) is 0 Å². The third-order valence-electron chi connectivity index (χ3n) is 3.80. The summed E-state index contributed by atoms with van der Waals surface area (Å²) in [4.78, 5) is 14.1. The second kappa shape index (κ2) is 6.22. The molecule has 1 fully saturated rings. The van der Waals surface area contributed by atoms with E-state index in [-0.39, 0.29) is 17.2 Å². The predicted molar refractivity (Wildman–Crippen MR) is 72.8 cm³/mol. The van der Waals surface area contributed by atoms with Gasteiger partial charge in [-0.2, -0.15) is 5.26 Å². The van der Waals surface area contributed by atoms with Crippen molar-refractivity contribution >= 4 is 5.91 Å². The fraction of sp³-hybridized carbons (Fsp3) is 0.867. The summed E-state index contributed by atoms with van der Waals surface area (Å²) in [5.41, 5.74) is -0.287. The molecule has 3 heteroatoms. The van der Waals surface area contributed by atoms with Crippen LogP contribution in [0, 0.1) is 28.6 Å². The van der Waals surface area contributed by atoms with Crippen LogP contribution in [0.1, 0.15) is 53.4 Å². The molecule has 1 atom stereocenters. The molecule has 0 aromatic carbocycles. The summed E-state index contributed by atoms with van der Waals surface area (Å²) >= 11 is 0. The minimum atomic E-state index is -0.287. The number of rotatable bonds is 3. The maximum Gasteiger partial charge on any atom is 0.227 e. The Balaban J connectivity index is 2.51. The van der Waals surface area contributed by atoms with Crippen molar-refractivity contribution in [3.63, 3.8) is 0 Å². The van der Waals surface area contributed by atoms with Gasteiger partial charge in [0.2, 0.25) is 5.91 Å². The Morgan fingerprint density at radius 1 is 1.39 bits per heavy atom. The third-order valence-corrected chi connectivity index (χ3v) is 3.80. The Bertz CT molecular complexity index is 316. The van der Waals surface area contributed by atoms with E-state index in [1.54, 1.807) is 0 Å². The van der Waals surface area contributed by atoms with Crippen molar-refractivity contribution in [2.45, 2.75) is 53.4 Å². The van der Waals surface area contributed by atoms with Crippen LogP contribution in [0.3, 0.4) is 0 Å². The topological polar surface area (TPSA) is 44.1 Å². The van der Waals surface area contributed by atoms with E-state index in [2.05, 4.69) is 13.0 Å². The molecule has 0 aromatic rings. The molecule has 0 aromatic heterocycles. The van der Waals surface area contributed by atoms with Crippen LogP contribution >= 0.6 is 0 Å². The first-order valence-corrected chi connectivity index (χ1v) is 7.09. The van der Waals surface area contributed by atoms with E-state index < -0.39 is 0 Å². The highest BCUT2D eigenvalue weighted by Gasteiger charge is 2.32. The zero-order valence-electron chi connectivity index (χ0n) is 12.2. The van der Waals surface area contributed by atoms with Gasteiger partial charge in [-0.25, -0.2) is 0 Å². The predicted octanol–water partition coefficient (Wildman–Crippen LogP) is 3.21. The van der Waals surface area contributed by atoms with Gasteiger partial charge in [0.25, 0.3) is 0 Å². The molecule has 1 saturated heterocycles. The minimum Gasteiger partial charge on any atom is -0.342 e. The number of nitrogens with zero attached hydrogens (tertiary/aromatic N) is 2. The van der Waals surface area contributed by atoms with Crippen LogP contribution in [-0.2, 0) is 4.79 Å². The Morgan fingerprint density at radius 2 is 1.94 bits per heavy atom. The lowest BCUT2D eigenvalue weighted by Crippen LogP contribution is -2.45. The van der Waals surface area contributed by atoms with Gasteiger partial charge >= 0.3 is 0 Å². The molecule has 18 heavy (non-hydrogen) atoms. The van der Waals surface area contributed by atoms with Crippen molar-refractivity contribution < 1.29 is 4.79 Å². The molecular formula is C15H26N2O. The Labute approximate surface area is 111 Å².